The predicted octanol–water partition coefficient (Wildman–Crippen LogP) is 6.30. The number of carbonyl (C=O) groups is 1. The van der Waals surface area contributed by atoms with E-state index in [1.54, 1.807) is 5.01 Å². The van der Waals surface area contributed by atoms with Crippen molar-refractivity contribution in [3.63, 3.8) is 0 Å². The summed E-state index contributed by atoms with van der Waals surface area (Å²) in [6, 6.07) is 20.0. The highest BCUT2D eigenvalue weighted by Gasteiger charge is 2.35. The molecule has 0 atom stereocenters. The van der Waals surface area contributed by atoms with E-state index in [0.717, 1.165) is 38.4 Å². The molecule has 1 saturated heterocycles. The van der Waals surface area contributed by atoms with Crippen molar-refractivity contribution in [3.05, 3.63) is 99.3 Å². The average Bonchev–Trinajstić information content (AvgIpc) is 3.38. The Labute approximate surface area is 201 Å². The molecule has 2 aromatic carbocycles. The van der Waals surface area contributed by atoms with Crippen LogP contribution in [0.25, 0.3) is 17.0 Å². The van der Waals surface area contributed by atoms with Crippen LogP contribution in [-0.4, -0.2) is 19.5 Å². The zero-order chi connectivity index (χ0) is 22.4. The Kier molecular flexibility index (Phi) is 5.45. The molecule has 0 spiro atoms. The number of aryl methyl sites for hydroxylation is 2. The maximum absolute atomic E-state index is 13.3. The number of fused-ring (bicyclic) bond motifs is 1. The number of carbonyl (C=O) groups excluding carboxylic acids is 1. The minimum atomic E-state index is -0.106. The molecule has 4 nitrogen and oxygen atoms in total. The Morgan fingerprint density at radius 1 is 1.00 bits per heavy atom. The average molecular weight is 478 g/mol. The van der Waals surface area contributed by atoms with Crippen LogP contribution in [0.5, 0.6) is 0 Å². The number of hydrogen-bond acceptors (Lipinski definition) is 3. The van der Waals surface area contributed by atoms with Gasteiger partial charge in [0.15, 0.2) is 4.32 Å². The summed E-state index contributed by atoms with van der Waals surface area (Å²) in [5.41, 5.74) is 5.06. The molecule has 0 aliphatic carbocycles. The number of aromatic nitrogens is 2. The SMILES string of the molecule is Cc1ccc(C)n1N1C(=O)/C(=C\c2cn(Cc3ccccc3Cl)c3ccccc23)SC1=S. The van der Waals surface area contributed by atoms with Crippen LogP contribution in [0.15, 0.2) is 71.8 Å². The van der Waals surface area contributed by atoms with Gasteiger partial charge < -0.3 is 4.57 Å². The highest BCUT2D eigenvalue weighted by molar-refractivity contribution is 8.27. The van der Waals surface area contributed by atoms with Crippen molar-refractivity contribution in [2.75, 3.05) is 5.01 Å². The molecule has 0 bridgehead atoms. The topological polar surface area (TPSA) is 30.2 Å². The first-order valence-corrected chi connectivity index (χ1v) is 11.8. The maximum atomic E-state index is 13.3. The highest BCUT2D eigenvalue weighted by Crippen LogP contribution is 2.35. The standard InChI is InChI=1S/C25H20ClN3OS2/c1-16-11-12-17(2)28(16)29-24(30)23(32-25(29)31)13-19-15-27(22-10-6-4-8-20(19)22)14-18-7-3-5-9-21(18)26/h3-13,15H,14H2,1-2H3/b23-13+. The molecule has 2 aromatic heterocycles. The van der Waals surface area contributed by atoms with Gasteiger partial charge in [-0.1, -0.05) is 59.8 Å². The van der Waals surface area contributed by atoms with E-state index < -0.39 is 0 Å². The fourth-order valence-corrected chi connectivity index (χ4v) is 5.51. The Balaban J connectivity index is 1.55. The minimum Gasteiger partial charge on any atom is -0.342 e. The lowest BCUT2D eigenvalue weighted by Crippen LogP contribution is -2.39. The fraction of sp³-hybridized carbons (Fsp3) is 0.120. The van der Waals surface area contributed by atoms with Crippen molar-refractivity contribution < 1.29 is 4.79 Å². The van der Waals surface area contributed by atoms with E-state index in [1.165, 1.54) is 11.8 Å². The van der Waals surface area contributed by atoms with Crippen molar-refractivity contribution in [1.29, 1.82) is 0 Å². The number of nitrogens with zero attached hydrogens (tertiary/aromatic N) is 3. The normalized spacial score (nSPS) is 15.5. The quantitative estimate of drug-likeness (QED) is 0.255. The lowest BCUT2D eigenvalue weighted by molar-refractivity contribution is -0.114. The number of rotatable bonds is 4. The summed E-state index contributed by atoms with van der Waals surface area (Å²) < 4.78 is 4.58. The molecule has 0 unspecified atom stereocenters. The van der Waals surface area contributed by atoms with Crippen molar-refractivity contribution in [2.24, 2.45) is 0 Å². The van der Waals surface area contributed by atoms with E-state index in [4.69, 9.17) is 23.8 Å². The zero-order valence-corrected chi connectivity index (χ0v) is 20.0. The Hall–Kier alpha value is -2.80. The van der Waals surface area contributed by atoms with Gasteiger partial charge in [-0.05, 0) is 62.0 Å². The number of hydrogen-bond donors (Lipinski definition) is 0. The molecule has 0 N–H and O–H groups in total. The number of thiocarbonyl (C=S) groups is 1. The van der Waals surface area contributed by atoms with E-state index in [1.807, 2.05) is 73.1 Å². The van der Waals surface area contributed by atoms with Gasteiger partial charge in [-0.2, -0.15) is 5.01 Å². The smallest absolute Gasteiger partial charge is 0.285 e. The van der Waals surface area contributed by atoms with Crippen molar-refractivity contribution >= 4 is 62.8 Å². The van der Waals surface area contributed by atoms with Crippen LogP contribution in [-0.2, 0) is 11.3 Å². The summed E-state index contributed by atoms with van der Waals surface area (Å²) >= 11 is 13.3. The van der Waals surface area contributed by atoms with E-state index >= 15 is 0 Å². The number of halogens is 1. The molecule has 7 heteroatoms. The van der Waals surface area contributed by atoms with Crippen LogP contribution in [0.2, 0.25) is 5.02 Å². The zero-order valence-electron chi connectivity index (χ0n) is 17.6. The van der Waals surface area contributed by atoms with Crippen LogP contribution >= 0.6 is 35.6 Å². The van der Waals surface area contributed by atoms with Gasteiger partial charge in [0, 0.05) is 45.6 Å². The van der Waals surface area contributed by atoms with Gasteiger partial charge in [0.2, 0.25) is 0 Å². The first-order valence-electron chi connectivity index (χ1n) is 10.2. The van der Waals surface area contributed by atoms with Crippen molar-refractivity contribution in [3.8, 4) is 0 Å². The number of thioether (sulfide) groups is 1. The third-order valence-electron chi connectivity index (χ3n) is 5.61. The number of benzene rings is 2. The Morgan fingerprint density at radius 3 is 2.44 bits per heavy atom. The van der Waals surface area contributed by atoms with Crippen LogP contribution in [0.4, 0.5) is 0 Å². The summed E-state index contributed by atoms with van der Waals surface area (Å²) in [6.07, 6.45) is 4.02. The monoisotopic (exact) mass is 477 g/mol. The second-order valence-corrected chi connectivity index (χ2v) is 9.83. The summed E-state index contributed by atoms with van der Waals surface area (Å²) in [5, 5.41) is 3.41. The largest absolute Gasteiger partial charge is 0.342 e. The Morgan fingerprint density at radius 2 is 1.69 bits per heavy atom. The molecule has 4 aromatic rings. The fourth-order valence-electron chi connectivity index (χ4n) is 4.08. The summed E-state index contributed by atoms with van der Waals surface area (Å²) in [6.45, 7) is 4.59. The van der Waals surface area contributed by atoms with E-state index in [0.29, 0.717) is 15.8 Å². The van der Waals surface area contributed by atoms with Crippen LogP contribution in [0.1, 0.15) is 22.5 Å². The minimum absolute atomic E-state index is 0.106. The molecule has 1 fully saturated rings. The van der Waals surface area contributed by atoms with Gasteiger partial charge >= 0.3 is 0 Å². The van der Waals surface area contributed by atoms with Gasteiger partial charge in [-0.25, -0.2) is 0 Å². The maximum Gasteiger partial charge on any atom is 0.285 e. The summed E-state index contributed by atoms with van der Waals surface area (Å²) in [7, 11) is 0. The molecule has 0 saturated carbocycles. The first kappa shape index (κ1) is 21.1. The van der Waals surface area contributed by atoms with Crippen molar-refractivity contribution in [1.82, 2.24) is 9.24 Å². The molecule has 32 heavy (non-hydrogen) atoms. The first-order chi connectivity index (χ1) is 15.4. The Bertz CT molecular complexity index is 1400. The molecule has 1 amide bonds. The molecular weight excluding hydrogens is 458 g/mol. The number of amides is 1. The number of para-hydroxylation sites is 1. The van der Waals surface area contributed by atoms with Gasteiger partial charge in [-0.15, -0.1) is 0 Å². The van der Waals surface area contributed by atoms with Crippen LogP contribution in [0, 0.1) is 13.8 Å². The van der Waals surface area contributed by atoms with E-state index in [9.17, 15) is 4.79 Å². The van der Waals surface area contributed by atoms with Crippen molar-refractivity contribution in [2.45, 2.75) is 20.4 Å². The van der Waals surface area contributed by atoms with E-state index in [2.05, 4.69) is 22.9 Å². The highest BCUT2D eigenvalue weighted by atomic mass is 35.5. The van der Waals surface area contributed by atoms with Gasteiger partial charge in [0.25, 0.3) is 5.91 Å². The second kappa shape index (κ2) is 8.28. The third-order valence-corrected chi connectivity index (χ3v) is 7.26. The molecule has 1 aliphatic rings. The molecule has 0 radical (unpaired) electrons. The molecule has 1 aliphatic heterocycles. The van der Waals surface area contributed by atoms with Gasteiger partial charge in [-0.3, -0.25) is 9.47 Å². The predicted molar refractivity (Wildman–Crippen MR) is 138 cm³/mol. The second-order valence-electron chi connectivity index (χ2n) is 7.74. The summed E-state index contributed by atoms with van der Waals surface area (Å²) in [4.78, 5) is 13.9. The molecule has 3 heterocycles. The molecular formula is C25H20ClN3OS2. The molecule has 5 rings (SSSR count). The third kappa shape index (κ3) is 3.58. The van der Waals surface area contributed by atoms with Gasteiger partial charge in [0.05, 0.1) is 4.91 Å². The lowest BCUT2D eigenvalue weighted by Gasteiger charge is -2.20. The van der Waals surface area contributed by atoms with Gasteiger partial charge in [0.1, 0.15) is 0 Å². The summed E-state index contributed by atoms with van der Waals surface area (Å²) in [5.74, 6) is -0.106. The molecule has 160 valence electrons. The van der Waals surface area contributed by atoms with Crippen LogP contribution in [0.3, 0.4) is 0 Å². The van der Waals surface area contributed by atoms with Crippen LogP contribution < -0.4 is 5.01 Å². The lowest BCUT2D eigenvalue weighted by atomic mass is 10.1. The van der Waals surface area contributed by atoms with E-state index in [-0.39, 0.29) is 5.91 Å².